The van der Waals surface area contributed by atoms with Gasteiger partial charge in [0.15, 0.2) is 0 Å². The second-order valence-corrected chi connectivity index (χ2v) is 4.32. The van der Waals surface area contributed by atoms with Crippen molar-refractivity contribution in [2.45, 2.75) is 32.6 Å². The molecule has 0 saturated heterocycles. The van der Waals surface area contributed by atoms with Gasteiger partial charge >= 0.3 is 5.97 Å². The van der Waals surface area contributed by atoms with Crippen LogP contribution in [0.4, 0.5) is 5.69 Å². The molecule has 0 aromatic heterocycles. The molecule has 1 aromatic rings. The third-order valence-electron chi connectivity index (χ3n) is 2.97. The zero-order chi connectivity index (χ0) is 15.0. The van der Waals surface area contributed by atoms with E-state index in [0.29, 0.717) is 24.9 Å². The lowest BCUT2D eigenvalue weighted by atomic mass is 10.1. The molecule has 0 bridgehead atoms. The monoisotopic (exact) mass is 277 g/mol. The standard InChI is InChI=1S/C15H19NO4/c1-3-14(18)16(11-17)13-9-7-12(8-10-13)5-4-6-15(19)20-2/h7-11H,3-6H2,1-2H3. The number of imide groups is 1. The largest absolute Gasteiger partial charge is 0.469 e. The Kier molecular flexibility index (Phi) is 6.43. The molecule has 0 aliphatic rings. The number of hydrogen-bond acceptors (Lipinski definition) is 4. The van der Waals surface area contributed by atoms with Gasteiger partial charge in [0, 0.05) is 12.8 Å². The zero-order valence-corrected chi connectivity index (χ0v) is 11.8. The fourth-order valence-electron chi connectivity index (χ4n) is 1.80. The molecule has 0 spiro atoms. The van der Waals surface area contributed by atoms with Gasteiger partial charge < -0.3 is 4.74 Å². The molecule has 5 heteroatoms. The van der Waals surface area contributed by atoms with Gasteiger partial charge in [-0.25, -0.2) is 0 Å². The van der Waals surface area contributed by atoms with Crippen molar-refractivity contribution in [3.63, 3.8) is 0 Å². The summed E-state index contributed by atoms with van der Waals surface area (Å²) in [5.41, 5.74) is 1.61. The molecule has 2 amide bonds. The molecular weight excluding hydrogens is 258 g/mol. The molecule has 20 heavy (non-hydrogen) atoms. The summed E-state index contributed by atoms with van der Waals surface area (Å²) in [5, 5.41) is 0. The van der Waals surface area contributed by atoms with Crippen LogP contribution in [0.3, 0.4) is 0 Å². The Morgan fingerprint density at radius 1 is 1.25 bits per heavy atom. The van der Waals surface area contributed by atoms with Crippen LogP contribution >= 0.6 is 0 Å². The Hall–Kier alpha value is -2.17. The molecule has 1 aromatic carbocycles. The van der Waals surface area contributed by atoms with Crippen LogP contribution in [-0.4, -0.2) is 25.4 Å². The highest BCUT2D eigenvalue weighted by Crippen LogP contribution is 2.16. The second-order valence-electron chi connectivity index (χ2n) is 4.32. The minimum Gasteiger partial charge on any atom is -0.469 e. The second kappa shape index (κ2) is 8.09. The summed E-state index contributed by atoms with van der Waals surface area (Å²) in [6.45, 7) is 1.71. The Morgan fingerprint density at radius 3 is 2.40 bits per heavy atom. The molecule has 0 heterocycles. The Balaban J connectivity index is 2.61. The third kappa shape index (κ3) is 4.50. The first-order chi connectivity index (χ1) is 9.62. The van der Waals surface area contributed by atoms with Crippen molar-refractivity contribution < 1.29 is 19.1 Å². The maximum absolute atomic E-state index is 11.6. The fourth-order valence-corrected chi connectivity index (χ4v) is 1.80. The van der Waals surface area contributed by atoms with Crippen LogP contribution < -0.4 is 4.90 Å². The SMILES string of the molecule is CCC(=O)N(C=O)c1ccc(CCCC(=O)OC)cc1. The topological polar surface area (TPSA) is 63.7 Å². The predicted octanol–water partition coefficient (Wildman–Crippen LogP) is 2.08. The molecule has 0 saturated carbocycles. The summed E-state index contributed by atoms with van der Waals surface area (Å²) in [5.74, 6) is -0.458. The van der Waals surface area contributed by atoms with E-state index in [9.17, 15) is 14.4 Å². The summed E-state index contributed by atoms with van der Waals surface area (Å²) in [6, 6.07) is 7.17. The molecule has 108 valence electrons. The lowest BCUT2D eigenvalue weighted by Gasteiger charge is -2.14. The van der Waals surface area contributed by atoms with E-state index in [1.54, 1.807) is 19.1 Å². The van der Waals surface area contributed by atoms with Gasteiger partial charge in [-0.1, -0.05) is 19.1 Å². The summed E-state index contributed by atoms with van der Waals surface area (Å²) in [6.07, 6.45) is 2.64. The highest BCUT2D eigenvalue weighted by atomic mass is 16.5. The van der Waals surface area contributed by atoms with Gasteiger partial charge in [0.1, 0.15) is 0 Å². The smallest absolute Gasteiger partial charge is 0.305 e. The highest BCUT2D eigenvalue weighted by molar-refractivity contribution is 6.06. The van der Waals surface area contributed by atoms with Crippen LogP contribution in [0.5, 0.6) is 0 Å². The average molecular weight is 277 g/mol. The first kappa shape index (κ1) is 15.9. The Morgan fingerprint density at radius 2 is 1.90 bits per heavy atom. The first-order valence-corrected chi connectivity index (χ1v) is 6.55. The van der Waals surface area contributed by atoms with Gasteiger partial charge in [0.2, 0.25) is 12.3 Å². The number of esters is 1. The maximum atomic E-state index is 11.6. The van der Waals surface area contributed by atoms with E-state index in [2.05, 4.69) is 4.74 Å². The van der Waals surface area contributed by atoms with Crippen molar-refractivity contribution in [3.8, 4) is 0 Å². The molecule has 0 N–H and O–H groups in total. The predicted molar refractivity (Wildman–Crippen MR) is 75.2 cm³/mol. The number of methoxy groups -OCH3 is 1. The molecule has 5 nitrogen and oxygen atoms in total. The molecule has 0 aliphatic heterocycles. The van der Waals surface area contributed by atoms with Crippen LogP contribution in [0.1, 0.15) is 31.7 Å². The van der Waals surface area contributed by atoms with Gasteiger partial charge in [0.25, 0.3) is 0 Å². The van der Waals surface area contributed by atoms with Crippen molar-refractivity contribution in [1.82, 2.24) is 0 Å². The molecule has 1 rings (SSSR count). The Bertz CT molecular complexity index is 467. The minimum atomic E-state index is -0.238. The number of ether oxygens (including phenoxy) is 1. The zero-order valence-electron chi connectivity index (χ0n) is 11.8. The van der Waals surface area contributed by atoms with Crippen LogP contribution in [0.15, 0.2) is 24.3 Å². The number of nitrogens with zero attached hydrogens (tertiary/aromatic N) is 1. The van der Waals surface area contributed by atoms with E-state index in [4.69, 9.17) is 0 Å². The highest BCUT2D eigenvalue weighted by Gasteiger charge is 2.12. The quantitative estimate of drug-likeness (QED) is 0.565. The van der Waals surface area contributed by atoms with Crippen molar-refractivity contribution in [3.05, 3.63) is 29.8 Å². The fraction of sp³-hybridized carbons (Fsp3) is 0.400. The summed E-state index contributed by atoms with van der Waals surface area (Å²) < 4.78 is 4.57. The number of anilines is 1. The van der Waals surface area contributed by atoms with Gasteiger partial charge in [-0.3, -0.25) is 19.3 Å². The average Bonchev–Trinajstić information content (AvgIpc) is 2.49. The van der Waals surface area contributed by atoms with Crippen LogP contribution in [-0.2, 0) is 25.5 Å². The summed E-state index contributed by atoms with van der Waals surface area (Å²) >= 11 is 0. The van der Waals surface area contributed by atoms with E-state index < -0.39 is 0 Å². The number of carbonyl (C=O) groups is 3. The van der Waals surface area contributed by atoms with Crippen LogP contribution in [0, 0.1) is 0 Å². The van der Waals surface area contributed by atoms with Crippen molar-refractivity contribution in [2.75, 3.05) is 12.0 Å². The van der Waals surface area contributed by atoms with Gasteiger partial charge in [-0.05, 0) is 30.5 Å². The van der Waals surface area contributed by atoms with Gasteiger partial charge in [0.05, 0.1) is 12.8 Å². The summed E-state index contributed by atoms with van der Waals surface area (Å²) in [7, 11) is 1.37. The van der Waals surface area contributed by atoms with E-state index >= 15 is 0 Å². The van der Waals surface area contributed by atoms with E-state index in [1.165, 1.54) is 7.11 Å². The number of hydrogen-bond donors (Lipinski definition) is 0. The molecule has 0 fully saturated rings. The molecule has 0 aliphatic carbocycles. The number of rotatable bonds is 7. The minimum absolute atomic E-state index is 0.220. The molecule has 0 unspecified atom stereocenters. The van der Waals surface area contributed by atoms with E-state index in [1.807, 2.05) is 12.1 Å². The first-order valence-electron chi connectivity index (χ1n) is 6.55. The molecular formula is C15H19NO4. The van der Waals surface area contributed by atoms with Crippen LogP contribution in [0.2, 0.25) is 0 Å². The van der Waals surface area contributed by atoms with Crippen LogP contribution in [0.25, 0.3) is 0 Å². The van der Waals surface area contributed by atoms with Crippen molar-refractivity contribution in [2.24, 2.45) is 0 Å². The number of aryl methyl sites for hydroxylation is 1. The molecule has 0 atom stereocenters. The third-order valence-corrected chi connectivity index (χ3v) is 2.97. The lowest BCUT2D eigenvalue weighted by molar-refractivity contribution is -0.140. The Labute approximate surface area is 118 Å². The summed E-state index contributed by atoms with van der Waals surface area (Å²) in [4.78, 5) is 34.6. The van der Waals surface area contributed by atoms with E-state index in [0.717, 1.165) is 16.9 Å². The normalized spacial score (nSPS) is 9.90. The van der Waals surface area contributed by atoms with E-state index in [-0.39, 0.29) is 18.3 Å². The molecule has 0 radical (unpaired) electrons. The number of benzene rings is 1. The van der Waals surface area contributed by atoms with Crippen molar-refractivity contribution >= 4 is 24.0 Å². The van der Waals surface area contributed by atoms with Gasteiger partial charge in [-0.2, -0.15) is 0 Å². The lowest BCUT2D eigenvalue weighted by Crippen LogP contribution is -2.28. The number of carbonyl (C=O) groups excluding carboxylic acids is 3. The van der Waals surface area contributed by atoms with Gasteiger partial charge in [-0.15, -0.1) is 0 Å². The maximum Gasteiger partial charge on any atom is 0.305 e. The van der Waals surface area contributed by atoms with Crippen molar-refractivity contribution in [1.29, 1.82) is 0 Å². The number of amides is 2.